The molecular weight excluding hydrogens is 298 g/mol. The van der Waals surface area contributed by atoms with Crippen LogP contribution in [0.1, 0.15) is 36.8 Å². The number of rotatable bonds is 2. The standard InChI is InChI=1S/C18H25NO2.ClH/c20-17-8-14-10-19-11-15(14)9-18(17)21-16-6-5-12-3-1-2-4-13(12)7-16;/h5-7,14-15,17-20H,1-4,8-11H2;1H/t14-,15+,17+,18+;/m0./s1. The van der Waals surface area contributed by atoms with Crippen LogP contribution in [-0.4, -0.2) is 30.4 Å². The van der Waals surface area contributed by atoms with Crippen LogP contribution in [0.15, 0.2) is 18.2 Å². The highest BCUT2D eigenvalue weighted by atomic mass is 35.5. The van der Waals surface area contributed by atoms with Gasteiger partial charge >= 0.3 is 0 Å². The minimum atomic E-state index is -0.317. The van der Waals surface area contributed by atoms with Gasteiger partial charge in [0.05, 0.1) is 6.10 Å². The highest BCUT2D eigenvalue weighted by molar-refractivity contribution is 5.85. The van der Waals surface area contributed by atoms with E-state index in [4.69, 9.17) is 4.74 Å². The minimum absolute atomic E-state index is 0. The summed E-state index contributed by atoms with van der Waals surface area (Å²) in [5.74, 6) is 2.27. The molecule has 4 heteroatoms. The van der Waals surface area contributed by atoms with Crippen LogP contribution in [0.2, 0.25) is 0 Å². The lowest BCUT2D eigenvalue weighted by Crippen LogP contribution is -2.42. The van der Waals surface area contributed by atoms with Gasteiger partial charge in [-0.15, -0.1) is 12.4 Å². The Morgan fingerprint density at radius 3 is 2.55 bits per heavy atom. The normalized spacial score (nSPS) is 33.5. The molecule has 2 aliphatic carbocycles. The molecule has 1 aromatic carbocycles. The van der Waals surface area contributed by atoms with Crippen molar-refractivity contribution in [1.82, 2.24) is 5.32 Å². The van der Waals surface area contributed by atoms with E-state index in [1.165, 1.54) is 36.8 Å². The number of ether oxygens (including phenoxy) is 1. The second-order valence-corrected chi connectivity index (χ2v) is 7.01. The first-order valence-electron chi connectivity index (χ1n) is 8.47. The number of nitrogens with one attached hydrogen (secondary N) is 1. The van der Waals surface area contributed by atoms with Crippen molar-refractivity contribution in [3.63, 3.8) is 0 Å². The van der Waals surface area contributed by atoms with Gasteiger partial charge in [0.25, 0.3) is 0 Å². The average Bonchev–Trinajstić information content (AvgIpc) is 2.94. The molecule has 0 unspecified atom stereocenters. The third-order valence-corrected chi connectivity index (χ3v) is 5.60. The molecule has 2 N–H and O–H groups in total. The van der Waals surface area contributed by atoms with Gasteiger partial charge in [-0.1, -0.05) is 6.07 Å². The second-order valence-electron chi connectivity index (χ2n) is 7.01. The van der Waals surface area contributed by atoms with E-state index in [0.29, 0.717) is 11.8 Å². The maximum absolute atomic E-state index is 10.4. The van der Waals surface area contributed by atoms with E-state index in [1.807, 2.05) is 0 Å². The van der Waals surface area contributed by atoms with Crippen molar-refractivity contribution < 1.29 is 9.84 Å². The Kier molecular flexibility index (Phi) is 4.96. The summed E-state index contributed by atoms with van der Waals surface area (Å²) in [7, 11) is 0. The van der Waals surface area contributed by atoms with Gasteiger partial charge in [0, 0.05) is 0 Å². The molecule has 1 heterocycles. The highest BCUT2D eigenvalue weighted by Crippen LogP contribution is 2.35. The van der Waals surface area contributed by atoms with Crippen molar-refractivity contribution in [1.29, 1.82) is 0 Å². The van der Waals surface area contributed by atoms with Crippen LogP contribution in [0.4, 0.5) is 0 Å². The summed E-state index contributed by atoms with van der Waals surface area (Å²) in [6.45, 7) is 2.15. The van der Waals surface area contributed by atoms with Crippen molar-refractivity contribution in [3.05, 3.63) is 29.3 Å². The summed E-state index contributed by atoms with van der Waals surface area (Å²) in [5.41, 5.74) is 2.93. The fourth-order valence-electron chi connectivity index (χ4n) is 4.34. The molecule has 3 aliphatic rings. The number of aliphatic hydroxyl groups is 1. The average molecular weight is 324 g/mol. The SMILES string of the molecule is Cl.O[C@@H]1C[C@H]2CNC[C@H]2C[C@H]1Oc1ccc2c(c1)CCCC2. The largest absolute Gasteiger partial charge is 0.488 e. The maximum Gasteiger partial charge on any atom is 0.125 e. The van der Waals surface area contributed by atoms with Crippen LogP contribution in [0.5, 0.6) is 5.75 Å². The lowest BCUT2D eigenvalue weighted by molar-refractivity contribution is -0.0231. The first-order valence-corrected chi connectivity index (χ1v) is 8.47. The smallest absolute Gasteiger partial charge is 0.125 e. The molecule has 3 nitrogen and oxygen atoms in total. The monoisotopic (exact) mass is 323 g/mol. The number of aryl methyl sites for hydroxylation is 2. The van der Waals surface area contributed by atoms with Crippen molar-refractivity contribution in [3.8, 4) is 5.75 Å². The zero-order valence-electron chi connectivity index (χ0n) is 13.0. The van der Waals surface area contributed by atoms with Gasteiger partial charge in [0.15, 0.2) is 0 Å². The fourth-order valence-corrected chi connectivity index (χ4v) is 4.34. The van der Waals surface area contributed by atoms with E-state index in [9.17, 15) is 5.11 Å². The van der Waals surface area contributed by atoms with Crippen molar-refractivity contribution in [2.45, 2.75) is 50.7 Å². The van der Waals surface area contributed by atoms with E-state index >= 15 is 0 Å². The third-order valence-electron chi connectivity index (χ3n) is 5.60. The summed E-state index contributed by atoms with van der Waals surface area (Å²) in [6.07, 6.45) is 6.49. The molecule has 2 fully saturated rings. The lowest BCUT2D eigenvalue weighted by atomic mass is 9.78. The fraction of sp³-hybridized carbons (Fsp3) is 0.667. The van der Waals surface area contributed by atoms with E-state index in [2.05, 4.69) is 23.5 Å². The second kappa shape index (κ2) is 6.77. The summed E-state index contributed by atoms with van der Waals surface area (Å²) in [5, 5.41) is 13.8. The Labute approximate surface area is 138 Å². The molecule has 22 heavy (non-hydrogen) atoms. The minimum Gasteiger partial charge on any atom is -0.488 e. The van der Waals surface area contributed by atoms with Gasteiger partial charge in [-0.25, -0.2) is 0 Å². The Bertz CT molecular complexity index is 522. The summed E-state index contributed by atoms with van der Waals surface area (Å²) < 4.78 is 6.16. The Morgan fingerprint density at radius 1 is 1.00 bits per heavy atom. The number of hydrogen-bond acceptors (Lipinski definition) is 3. The Hall–Kier alpha value is -0.770. The molecule has 122 valence electrons. The quantitative estimate of drug-likeness (QED) is 0.879. The van der Waals surface area contributed by atoms with Crippen LogP contribution in [-0.2, 0) is 12.8 Å². The molecule has 0 amide bonds. The van der Waals surface area contributed by atoms with Crippen LogP contribution in [0.25, 0.3) is 0 Å². The van der Waals surface area contributed by atoms with E-state index in [-0.39, 0.29) is 24.6 Å². The number of benzene rings is 1. The van der Waals surface area contributed by atoms with E-state index < -0.39 is 0 Å². The number of hydrogen-bond donors (Lipinski definition) is 2. The molecule has 1 saturated carbocycles. The van der Waals surface area contributed by atoms with Gasteiger partial charge in [-0.05, 0) is 86.7 Å². The lowest BCUT2D eigenvalue weighted by Gasteiger charge is -2.35. The van der Waals surface area contributed by atoms with E-state index in [0.717, 1.165) is 31.7 Å². The Morgan fingerprint density at radius 2 is 1.73 bits per heavy atom. The van der Waals surface area contributed by atoms with Gasteiger partial charge in [-0.3, -0.25) is 0 Å². The van der Waals surface area contributed by atoms with Gasteiger partial charge in [0.2, 0.25) is 0 Å². The molecule has 4 rings (SSSR count). The van der Waals surface area contributed by atoms with E-state index in [1.54, 1.807) is 0 Å². The molecule has 0 radical (unpaired) electrons. The summed E-state index contributed by atoms with van der Waals surface area (Å²) >= 11 is 0. The summed E-state index contributed by atoms with van der Waals surface area (Å²) in [4.78, 5) is 0. The topological polar surface area (TPSA) is 41.5 Å². The predicted octanol–water partition coefficient (Wildman–Crippen LogP) is 2.72. The maximum atomic E-state index is 10.4. The number of aliphatic hydroxyl groups excluding tert-OH is 1. The van der Waals surface area contributed by atoms with Crippen molar-refractivity contribution >= 4 is 12.4 Å². The van der Waals surface area contributed by atoms with Crippen LogP contribution in [0, 0.1) is 11.8 Å². The van der Waals surface area contributed by atoms with Crippen molar-refractivity contribution in [2.75, 3.05) is 13.1 Å². The first-order chi connectivity index (χ1) is 10.3. The first kappa shape index (κ1) is 16.1. The molecule has 4 atom stereocenters. The van der Waals surface area contributed by atoms with Crippen LogP contribution in [0.3, 0.4) is 0 Å². The van der Waals surface area contributed by atoms with Crippen LogP contribution < -0.4 is 10.1 Å². The van der Waals surface area contributed by atoms with Gasteiger partial charge in [-0.2, -0.15) is 0 Å². The van der Waals surface area contributed by atoms with Crippen molar-refractivity contribution in [2.24, 2.45) is 11.8 Å². The zero-order chi connectivity index (χ0) is 14.2. The molecule has 0 spiro atoms. The number of halogens is 1. The molecule has 1 saturated heterocycles. The molecular formula is C18H26ClNO2. The van der Waals surface area contributed by atoms with Crippen LogP contribution >= 0.6 is 12.4 Å². The molecule has 0 aromatic heterocycles. The van der Waals surface area contributed by atoms with Gasteiger partial charge < -0.3 is 15.2 Å². The predicted molar refractivity (Wildman–Crippen MR) is 89.8 cm³/mol. The van der Waals surface area contributed by atoms with Gasteiger partial charge in [0.1, 0.15) is 11.9 Å². The zero-order valence-corrected chi connectivity index (χ0v) is 13.8. The Balaban J connectivity index is 0.00000144. The number of fused-ring (bicyclic) bond motifs is 2. The molecule has 1 aromatic rings. The molecule has 0 bridgehead atoms. The molecule has 1 aliphatic heterocycles. The third kappa shape index (κ3) is 3.12. The summed E-state index contributed by atoms with van der Waals surface area (Å²) in [6, 6.07) is 6.52. The highest BCUT2D eigenvalue weighted by Gasteiger charge is 2.39.